The Bertz CT molecular complexity index is 430. The van der Waals surface area contributed by atoms with Crippen LogP contribution in [0.3, 0.4) is 0 Å². The van der Waals surface area contributed by atoms with E-state index in [1.807, 2.05) is 6.92 Å². The number of hydrogen-bond donors (Lipinski definition) is 0. The normalized spacial score (nSPS) is 14.2. The summed E-state index contributed by atoms with van der Waals surface area (Å²) in [6.07, 6.45) is 0.799. The maximum absolute atomic E-state index is 12.2. The van der Waals surface area contributed by atoms with Crippen LogP contribution in [0.4, 0.5) is 5.69 Å². The molecule has 0 N–H and O–H groups in total. The van der Waals surface area contributed by atoms with Gasteiger partial charge in [0.15, 0.2) is 0 Å². The molecule has 1 unspecified atom stereocenters. The molecule has 0 bridgehead atoms. The molecule has 6 heteroatoms. The predicted molar refractivity (Wildman–Crippen MR) is 66.6 cm³/mol. The molecule has 5 nitrogen and oxygen atoms in total. The number of nitrogens with zero attached hydrogens (tertiary/aromatic N) is 1. The molecule has 0 aliphatic heterocycles. The van der Waals surface area contributed by atoms with E-state index in [0.717, 1.165) is 5.56 Å². The van der Waals surface area contributed by atoms with Crippen molar-refractivity contribution in [1.82, 2.24) is 0 Å². The number of benzene rings is 1. The topological polar surface area (TPSA) is 69.4 Å². The molecule has 0 spiro atoms. The third kappa shape index (κ3) is 3.95. The maximum Gasteiger partial charge on any atom is 0.269 e. The van der Waals surface area contributed by atoms with Gasteiger partial charge in [-0.15, -0.1) is 0 Å². The van der Waals surface area contributed by atoms with E-state index in [2.05, 4.69) is 0 Å². The zero-order valence-electron chi connectivity index (χ0n) is 9.96. The molecule has 1 aromatic carbocycles. The zero-order valence-corrected chi connectivity index (χ0v) is 10.9. The van der Waals surface area contributed by atoms with E-state index in [1.54, 1.807) is 19.1 Å². The molecule has 17 heavy (non-hydrogen) atoms. The van der Waals surface area contributed by atoms with Crippen LogP contribution >= 0.6 is 7.37 Å². The van der Waals surface area contributed by atoms with E-state index in [0.29, 0.717) is 18.9 Å². The molecule has 0 fully saturated rings. The van der Waals surface area contributed by atoms with Gasteiger partial charge in [0, 0.05) is 24.5 Å². The van der Waals surface area contributed by atoms with E-state index >= 15 is 0 Å². The summed E-state index contributed by atoms with van der Waals surface area (Å²) in [6, 6.07) is 6.08. The first-order valence-electron chi connectivity index (χ1n) is 5.46. The number of non-ortho nitro benzene ring substituents is 1. The summed E-state index contributed by atoms with van der Waals surface area (Å²) in [7, 11) is -2.63. The van der Waals surface area contributed by atoms with Gasteiger partial charge in [-0.1, -0.05) is 19.1 Å². The van der Waals surface area contributed by atoms with Crippen molar-refractivity contribution in [1.29, 1.82) is 0 Å². The molecule has 0 amide bonds. The van der Waals surface area contributed by atoms with Crippen LogP contribution < -0.4 is 0 Å². The van der Waals surface area contributed by atoms with Crippen LogP contribution in [0.2, 0.25) is 0 Å². The summed E-state index contributed by atoms with van der Waals surface area (Å²) in [4.78, 5) is 10.0. The summed E-state index contributed by atoms with van der Waals surface area (Å²) in [5, 5.41) is 10.5. The van der Waals surface area contributed by atoms with Crippen molar-refractivity contribution in [3.05, 3.63) is 39.9 Å². The summed E-state index contributed by atoms with van der Waals surface area (Å²) in [6.45, 7) is 4.04. The fraction of sp³-hybridized carbons (Fsp3) is 0.455. The van der Waals surface area contributed by atoms with E-state index in [1.165, 1.54) is 12.1 Å². The van der Waals surface area contributed by atoms with Crippen LogP contribution in [0.1, 0.15) is 19.4 Å². The predicted octanol–water partition coefficient (Wildman–Crippen LogP) is 3.43. The second-order valence-corrected chi connectivity index (χ2v) is 6.47. The molecule has 0 aliphatic rings. The second kappa shape index (κ2) is 5.94. The van der Waals surface area contributed by atoms with Crippen molar-refractivity contribution in [2.75, 3.05) is 12.8 Å². The minimum atomic E-state index is -2.63. The molecule has 1 rings (SSSR count). The average Bonchev–Trinajstić information content (AvgIpc) is 2.30. The van der Waals surface area contributed by atoms with Gasteiger partial charge in [-0.05, 0) is 12.5 Å². The first kappa shape index (κ1) is 13.9. The third-order valence-corrected chi connectivity index (χ3v) is 4.96. The van der Waals surface area contributed by atoms with Crippen LogP contribution in [0.5, 0.6) is 0 Å². The fourth-order valence-electron chi connectivity index (χ4n) is 1.49. The maximum atomic E-state index is 12.2. The second-order valence-electron chi connectivity index (χ2n) is 3.63. The monoisotopic (exact) mass is 257 g/mol. The number of hydrogen-bond acceptors (Lipinski definition) is 4. The van der Waals surface area contributed by atoms with E-state index in [4.69, 9.17) is 4.52 Å². The van der Waals surface area contributed by atoms with Crippen molar-refractivity contribution in [2.45, 2.75) is 20.0 Å². The van der Waals surface area contributed by atoms with Gasteiger partial charge in [-0.2, -0.15) is 0 Å². The molecular formula is C11H16NO4P. The molecule has 0 saturated carbocycles. The first-order chi connectivity index (χ1) is 8.00. The molecule has 1 aromatic rings. The van der Waals surface area contributed by atoms with Crippen LogP contribution in [0.25, 0.3) is 0 Å². The van der Waals surface area contributed by atoms with Gasteiger partial charge in [0.25, 0.3) is 5.69 Å². The highest BCUT2D eigenvalue weighted by Crippen LogP contribution is 2.49. The van der Waals surface area contributed by atoms with Crippen LogP contribution in [-0.2, 0) is 15.3 Å². The van der Waals surface area contributed by atoms with Gasteiger partial charge in [-0.3, -0.25) is 14.7 Å². The van der Waals surface area contributed by atoms with Crippen LogP contribution in [0, 0.1) is 10.1 Å². The Morgan fingerprint density at radius 3 is 2.29 bits per heavy atom. The quantitative estimate of drug-likeness (QED) is 0.444. The molecule has 0 radical (unpaired) electrons. The van der Waals surface area contributed by atoms with Crippen LogP contribution in [-0.4, -0.2) is 17.7 Å². The van der Waals surface area contributed by atoms with Gasteiger partial charge in [-0.25, -0.2) is 0 Å². The lowest BCUT2D eigenvalue weighted by Crippen LogP contribution is -1.97. The minimum absolute atomic E-state index is 0.0384. The number of nitro benzene ring substituents is 1. The van der Waals surface area contributed by atoms with E-state index in [9.17, 15) is 14.7 Å². The van der Waals surface area contributed by atoms with Gasteiger partial charge >= 0.3 is 0 Å². The molecule has 0 aliphatic carbocycles. The number of nitro groups is 1. The lowest BCUT2D eigenvalue weighted by Gasteiger charge is -2.15. The molecule has 0 aromatic heterocycles. The Labute approximate surface area is 100 Å². The molecular weight excluding hydrogens is 241 g/mol. The highest BCUT2D eigenvalue weighted by molar-refractivity contribution is 7.58. The largest absolute Gasteiger partial charge is 0.329 e. The highest BCUT2D eigenvalue weighted by atomic mass is 31.2. The van der Waals surface area contributed by atoms with Gasteiger partial charge in [0.1, 0.15) is 0 Å². The highest BCUT2D eigenvalue weighted by Gasteiger charge is 2.20. The lowest BCUT2D eigenvalue weighted by atomic mass is 10.2. The Morgan fingerprint density at radius 1 is 1.29 bits per heavy atom. The van der Waals surface area contributed by atoms with Gasteiger partial charge in [0.2, 0.25) is 7.37 Å². The van der Waals surface area contributed by atoms with E-state index < -0.39 is 12.3 Å². The Hall–Kier alpha value is -1.19. The average molecular weight is 257 g/mol. The van der Waals surface area contributed by atoms with Crippen molar-refractivity contribution in [3.8, 4) is 0 Å². The smallest absolute Gasteiger partial charge is 0.269 e. The summed E-state index contributed by atoms with van der Waals surface area (Å²) in [5.41, 5.74) is 0.839. The fourth-order valence-corrected chi connectivity index (χ4v) is 3.22. The van der Waals surface area contributed by atoms with Crippen molar-refractivity contribution < 1.29 is 14.0 Å². The zero-order chi connectivity index (χ0) is 12.9. The Morgan fingerprint density at radius 2 is 1.88 bits per heavy atom. The minimum Gasteiger partial charge on any atom is -0.329 e. The van der Waals surface area contributed by atoms with Crippen molar-refractivity contribution in [3.63, 3.8) is 0 Å². The van der Waals surface area contributed by atoms with E-state index in [-0.39, 0.29) is 5.69 Å². The van der Waals surface area contributed by atoms with Crippen molar-refractivity contribution in [2.24, 2.45) is 0 Å². The lowest BCUT2D eigenvalue weighted by molar-refractivity contribution is -0.384. The Balaban J connectivity index is 2.81. The standard InChI is InChI=1S/C11H16NO4P/c1-3-16-17(15,4-2)9-10-5-7-11(8-6-10)12(13)14/h5-8H,3-4,9H2,1-2H3. The summed E-state index contributed by atoms with van der Waals surface area (Å²) in [5.74, 6) is 0. The summed E-state index contributed by atoms with van der Waals surface area (Å²) >= 11 is 0. The molecule has 1 atom stereocenters. The van der Waals surface area contributed by atoms with Crippen LogP contribution in [0.15, 0.2) is 24.3 Å². The van der Waals surface area contributed by atoms with Crippen molar-refractivity contribution >= 4 is 13.1 Å². The van der Waals surface area contributed by atoms with Gasteiger partial charge < -0.3 is 4.52 Å². The van der Waals surface area contributed by atoms with Gasteiger partial charge in [0.05, 0.1) is 11.5 Å². The Kier molecular flexibility index (Phi) is 4.85. The first-order valence-corrected chi connectivity index (χ1v) is 7.46. The molecule has 94 valence electrons. The SMILES string of the molecule is CCOP(=O)(CC)Cc1ccc([N+](=O)[O-])cc1. The summed E-state index contributed by atoms with van der Waals surface area (Å²) < 4.78 is 17.5. The number of rotatable bonds is 6. The molecule has 0 saturated heterocycles. The molecule has 0 heterocycles. The third-order valence-electron chi connectivity index (χ3n) is 2.42.